The summed E-state index contributed by atoms with van der Waals surface area (Å²) in [6.07, 6.45) is 2.28. The van der Waals surface area contributed by atoms with E-state index in [9.17, 15) is 4.39 Å². The van der Waals surface area contributed by atoms with Crippen LogP contribution < -0.4 is 4.74 Å². The minimum absolute atomic E-state index is 0.370. The van der Waals surface area contributed by atoms with E-state index in [1.165, 1.54) is 13.2 Å². The molecule has 0 bridgehead atoms. The Hall–Kier alpha value is -1.91. The number of hydrogen-bond acceptors (Lipinski definition) is 3. The molecule has 1 aliphatic rings. The largest absolute Gasteiger partial charge is 0.497 e. The van der Waals surface area contributed by atoms with Gasteiger partial charge in [0.05, 0.1) is 12.7 Å². The molecular formula is C12H12FN3O. The second-order valence-electron chi connectivity index (χ2n) is 4.16. The van der Waals surface area contributed by atoms with Crippen LogP contribution in [-0.2, 0) is 0 Å². The maximum atomic E-state index is 13.8. The van der Waals surface area contributed by atoms with Crippen LogP contribution >= 0.6 is 0 Å². The molecule has 88 valence electrons. The van der Waals surface area contributed by atoms with Gasteiger partial charge in [-0.15, -0.1) is 0 Å². The van der Waals surface area contributed by atoms with E-state index in [-0.39, 0.29) is 5.82 Å². The summed E-state index contributed by atoms with van der Waals surface area (Å²) >= 11 is 0. The van der Waals surface area contributed by atoms with Crippen molar-refractivity contribution in [3.05, 3.63) is 29.8 Å². The lowest BCUT2D eigenvalue weighted by Gasteiger charge is -2.01. The number of hydrogen-bond donors (Lipinski definition) is 1. The van der Waals surface area contributed by atoms with Crippen LogP contribution in [0.5, 0.6) is 5.75 Å². The molecule has 0 saturated heterocycles. The Balaban J connectivity index is 1.96. The number of nitrogens with one attached hydrogen (secondary N) is 1. The van der Waals surface area contributed by atoms with Crippen LogP contribution in [0.25, 0.3) is 11.4 Å². The maximum Gasteiger partial charge on any atom is 0.184 e. The topological polar surface area (TPSA) is 50.8 Å². The third-order valence-corrected chi connectivity index (χ3v) is 2.88. The maximum absolute atomic E-state index is 13.8. The van der Waals surface area contributed by atoms with Crippen LogP contribution in [0.1, 0.15) is 24.6 Å². The minimum Gasteiger partial charge on any atom is -0.497 e. The Kier molecular flexibility index (Phi) is 2.31. The van der Waals surface area contributed by atoms with Crippen molar-refractivity contribution in [2.24, 2.45) is 0 Å². The SMILES string of the molecule is COc1ccc(-c2n[nH]c(C3CC3)n2)c(F)c1. The van der Waals surface area contributed by atoms with Crippen molar-refractivity contribution in [2.75, 3.05) is 7.11 Å². The van der Waals surface area contributed by atoms with Gasteiger partial charge in [0.2, 0.25) is 0 Å². The molecule has 3 rings (SSSR count). The van der Waals surface area contributed by atoms with E-state index in [2.05, 4.69) is 15.2 Å². The third-order valence-electron chi connectivity index (χ3n) is 2.88. The molecule has 1 heterocycles. The zero-order valence-corrected chi connectivity index (χ0v) is 9.40. The van der Waals surface area contributed by atoms with Crippen molar-refractivity contribution in [2.45, 2.75) is 18.8 Å². The lowest BCUT2D eigenvalue weighted by Crippen LogP contribution is -1.89. The molecular weight excluding hydrogens is 221 g/mol. The first-order chi connectivity index (χ1) is 8.28. The third kappa shape index (κ3) is 1.88. The predicted molar refractivity (Wildman–Crippen MR) is 60.3 cm³/mol. The second kappa shape index (κ2) is 3.84. The Bertz CT molecular complexity index is 548. The van der Waals surface area contributed by atoms with E-state index in [0.29, 0.717) is 23.1 Å². The van der Waals surface area contributed by atoms with Crippen molar-refractivity contribution in [1.29, 1.82) is 0 Å². The highest BCUT2D eigenvalue weighted by atomic mass is 19.1. The molecule has 0 radical (unpaired) electrons. The van der Waals surface area contributed by atoms with Crippen LogP contribution in [0, 0.1) is 5.82 Å². The fourth-order valence-corrected chi connectivity index (χ4v) is 1.74. The number of halogens is 1. The molecule has 0 unspecified atom stereocenters. The number of H-pyrrole nitrogens is 1. The Morgan fingerprint density at radius 2 is 2.24 bits per heavy atom. The van der Waals surface area contributed by atoms with E-state index in [1.54, 1.807) is 12.1 Å². The molecule has 1 saturated carbocycles. The first-order valence-corrected chi connectivity index (χ1v) is 5.54. The van der Waals surface area contributed by atoms with Crippen molar-refractivity contribution >= 4 is 0 Å². The molecule has 1 aliphatic carbocycles. The van der Waals surface area contributed by atoms with Gasteiger partial charge in [-0.25, -0.2) is 9.37 Å². The van der Waals surface area contributed by atoms with E-state index in [1.807, 2.05) is 0 Å². The van der Waals surface area contributed by atoms with Crippen molar-refractivity contribution in [3.8, 4) is 17.1 Å². The molecule has 4 nitrogen and oxygen atoms in total. The van der Waals surface area contributed by atoms with Crippen LogP contribution in [-0.4, -0.2) is 22.3 Å². The van der Waals surface area contributed by atoms with Gasteiger partial charge < -0.3 is 4.74 Å². The molecule has 0 aliphatic heterocycles. The summed E-state index contributed by atoms with van der Waals surface area (Å²) in [5.74, 6) is 1.87. The molecule has 0 amide bonds. The highest BCUT2D eigenvalue weighted by molar-refractivity contribution is 5.57. The normalized spacial score (nSPS) is 14.9. The first kappa shape index (κ1) is 10.3. The molecule has 1 aromatic heterocycles. The van der Waals surface area contributed by atoms with Gasteiger partial charge in [0, 0.05) is 12.0 Å². The summed E-state index contributed by atoms with van der Waals surface area (Å²) in [5.41, 5.74) is 0.397. The van der Waals surface area contributed by atoms with E-state index >= 15 is 0 Å². The smallest absolute Gasteiger partial charge is 0.184 e. The summed E-state index contributed by atoms with van der Waals surface area (Å²) in [4.78, 5) is 4.31. The molecule has 1 N–H and O–H groups in total. The Morgan fingerprint density at radius 3 is 2.88 bits per heavy atom. The average molecular weight is 233 g/mol. The summed E-state index contributed by atoms with van der Waals surface area (Å²) in [7, 11) is 1.51. The van der Waals surface area contributed by atoms with E-state index in [0.717, 1.165) is 18.7 Å². The van der Waals surface area contributed by atoms with Crippen LogP contribution in [0.2, 0.25) is 0 Å². The molecule has 0 spiro atoms. The number of aromatic nitrogens is 3. The summed E-state index contributed by atoms with van der Waals surface area (Å²) in [5, 5.41) is 6.91. The summed E-state index contributed by atoms with van der Waals surface area (Å²) in [6.45, 7) is 0. The molecule has 1 fully saturated rings. The van der Waals surface area contributed by atoms with Gasteiger partial charge in [0.15, 0.2) is 5.82 Å². The second-order valence-corrected chi connectivity index (χ2v) is 4.16. The van der Waals surface area contributed by atoms with Crippen LogP contribution in [0.4, 0.5) is 4.39 Å². The lowest BCUT2D eigenvalue weighted by molar-refractivity contribution is 0.411. The van der Waals surface area contributed by atoms with Gasteiger partial charge in [-0.2, -0.15) is 5.10 Å². The highest BCUT2D eigenvalue weighted by Crippen LogP contribution is 2.38. The van der Waals surface area contributed by atoms with Crippen LogP contribution in [0.3, 0.4) is 0 Å². The van der Waals surface area contributed by atoms with Crippen molar-refractivity contribution in [3.63, 3.8) is 0 Å². The fraction of sp³-hybridized carbons (Fsp3) is 0.333. The summed E-state index contributed by atoms with van der Waals surface area (Å²) in [6, 6.07) is 4.67. The van der Waals surface area contributed by atoms with Gasteiger partial charge in [0.1, 0.15) is 17.4 Å². The zero-order valence-electron chi connectivity index (χ0n) is 9.40. The summed E-state index contributed by atoms with van der Waals surface area (Å²) < 4.78 is 18.7. The zero-order chi connectivity index (χ0) is 11.8. The number of nitrogens with zero attached hydrogens (tertiary/aromatic N) is 2. The van der Waals surface area contributed by atoms with Gasteiger partial charge >= 0.3 is 0 Å². The van der Waals surface area contributed by atoms with Gasteiger partial charge in [0.25, 0.3) is 0 Å². The van der Waals surface area contributed by atoms with Crippen LogP contribution in [0.15, 0.2) is 18.2 Å². The standard InChI is InChI=1S/C12H12FN3O/c1-17-8-4-5-9(10(13)6-8)12-14-11(15-16-12)7-2-3-7/h4-7H,2-3H2,1H3,(H,14,15,16). The van der Waals surface area contributed by atoms with Crippen molar-refractivity contribution in [1.82, 2.24) is 15.2 Å². The first-order valence-electron chi connectivity index (χ1n) is 5.54. The Labute approximate surface area is 97.8 Å². The Morgan fingerprint density at radius 1 is 1.41 bits per heavy atom. The molecule has 1 aromatic carbocycles. The number of ether oxygens (including phenoxy) is 1. The molecule has 2 aromatic rings. The average Bonchev–Trinajstić information content (AvgIpc) is 3.08. The van der Waals surface area contributed by atoms with Crippen molar-refractivity contribution < 1.29 is 9.13 Å². The van der Waals surface area contributed by atoms with E-state index < -0.39 is 0 Å². The number of benzene rings is 1. The minimum atomic E-state index is -0.370. The predicted octanol–water partition coefficient (Wildman–Crippen LogP) is 2.50. The number of methoxy groups -OCH3 is 1. The number of aromatic amines is 1. The molecule has 5 heteroatoms. The fourth-order valence-electron chi connectivity index (χ4n) is 1.74. The van der Waals surface area contributed by atoms with E-state index in [4.69, 9.17) is 4.74 Å². The lowest BCUT2D eigenvalue weighted by atomic mass is 10.2. The van der Waals surface area contributed by atoms with Gasteiger partial charge in [-0.05, 0) is 25.0 Å². The monoisotopic (exact) mass is 233 g/mol. The highest BCUT2D eigenvalue weighted by Gasteiger charge is 2.27. The van der Waals surface area contributed by atoms with Gasteiger partial charge in [-0.1, -0.05) is 0 Å². The quantitative estimate of drug-likeness (QED) is 0.886. The molecule has 0 atom stereocenters. The number of rotatable bonds is 3. The van der Waals surface area contributed by atoms with Gasteiger partial charge in [-0.3, -0.25) is 5.10 Å². The molecule has 17 heavy (non-hydrogen) atoms.